The summed E-state index contributed by atoms with van der Waals surface area (Å²) in [5.74, 6) is -2.16. The molecule has 8 heteroatoms. The van der Waals surface area contributed by atoms with Crippen LogP contribution in [-0.2, 0) is 4.79 Å². The number of aromatic carboxylic acids is 1. The number of hydrogen-bond donors (Lipinski definition) is 2. The van der Waals surface area contributed by atoms with E-state index in [-0.39, 0.29) is 16.9 Å². The maximum Gasteiger partial charge on any atom is 0.337 e. The van der Waals surface area contributed by atoms with Crippen LogP contribution in [0.2, 0.25) is 0 Å². The minimum Gasteiger partial charge on any atom is -0.478 e. The number of hydrogen-bond acceptors (Lipinski definition) is 5. The minimum atomic E-state index is -1.14. The van der Waals surface area contributed by atoms with E-state index in [0.717, 1.165) is 28.8 Å². The molecule has 2 amide bonds. The van der Waals surface area contributed by atoms with Gasteiger partial charge >= 0.3 is 5.97 Å². The number of benzene rings is 2. The molecule has 24 heavy (non-hydrogen) atoms. The Balaban J connectivity index is 1.85. The first kappa shape index (κ1) is 16.0. The summed E-state index contributed by atoms with van der Waals surface area (Å²) in [5, 5.41) is 10.5. The third-order valence-corrected chi connectivity index (χ3v) is 4.31. The van der Waals surface area contributed by atoms with Crippen molar-refractivity contribution >= 4 is 40.3 Å². The number of amides is 2. The van der Waals surface area contributed by atoms with E-state index in [9.17, 15) is 18.8 Å². The lowest BCUT2D eigenvalue weighted by Gasteiger charge is -2.15. The number of carboxylic acid groups (broad SMARTS) is 1. The molecule has 2 aromatic rings. The van der Waals surface area contributed by atoms with Crippen LogP contribution in [-0.4, -0.2) is 27.6 Å². The molecular formula is C16H11FN2O4S. The van der Waals surface area contributed by atoms with Crippen LogP contribution < -0.4 is 10.2 Å². The lowest BCUT2D eigenvalue weighted by atomic mass is 10.2. The number of nitrogens with zero attached hydrogens (tertiary/aromatic N) is 1. The Labute approximate surface area is 140 Å². The fraction of sp³-hybridized carbons (Fsp3) is 0.0625. The molecular weight excluding hydrogens is 335 g/mol. The van der Waals surface area contributed by atoms with Crippen molar-refractivity contribution in [2.24, 2.45) is 0 Å². The van der Waals surface area contributed by atoms with Gasteiger partial charge in [0.15, 0.2) is 5.37 Å². The number of carboxylic acids is 1. The molecule has 0 radical (unpaired) electrons. The normalized spacial score (nSPS) is 17.2. The van der Waals surface area contributed by atoms with Gasteiger partial charge in [-0.25, -0.2) is 14.1 Å². The first-order valence-corrected chi connectivity index (χ1v) is 7.74. The molecule has 1 heterocycles. The van der Waals surface area contributed by atoms with Crippen LogP contribution in [0.5, 0.6) is 0 Å². The molecule has 0 bridgehead atoms. The standard InChI is InChI=1S/C16H11FN2O4S/c17-9-5-7-10(8-6-9)19-14(20)13(24-16(19)23)18-12-4-2-1-3-11(12)15(21)22/h1-8,13,18H,(H,21,22)/t13-/m0/s1. The van der Waals surface area contributed by atoms with Crippen LogP contribution in [0.4, 0.5) is 20.6 Å². The van der Waals surface area contributed by atoms with Gasteiger partial charge in [0.1, 0.15) is 5.82 Å². The second-order valence-electron chi connectivity index (χ2n) is 4.91. The van der Waals surface area contributed by atoms with E-state index in [1.54, 1.807) is 12.1 Å². The van der Waals surface area contributed by atoms with Gasteiger partial charge in [0.25, 0.3) is 11.1 Å². The highest BCUT2D eigenvalue weighted by Crippen LogP contribution is 2.33. The highest BCUT2D eigenvalue weighted by Gasteiger charge is 2.41. The van der Waals surface area contributed by atoms with Gasteiger partial charge < -0.3 is 10.4 Å². The third-order valence-electron chi connectivity index (χ3n) is 3.37. The molecule has 6 nitrogen and oxygen atoms in total. The number of carbonyl (C=O) groups excluding carboxylic acids is 2. The highest BCUT2D eigenvalue weighted by atomic mass is 32.2. The fourth-order valence-corrected chi connectivity index (χ4v) is 3.16. The van der Waals surface area contributed by atoms with E-state index in [1.807, 2.05) is 0 Å². The summed E-state index contributed by atoms with van der Waals surface area (Å²) in [5.41, 5.74) is 0.498. The topological polar surface area (TPSA) is 86.7 Å². The smallest absolute Gasteiger partial charge is 0.337 e. The summed E-state index contributed by atoms with van der Waals surface area (Å²) in [7, 11) is 0. The number of nitrogens with one attached hydrogen (secondary N) is 1. The number of thioether (sulfide) groups is 1. The van der Waals surface area contributed by atoms with E-state index in [1.165, 1.54) is 24.3 Å². The largest absolute Gasteiger partial charge is 0.478 e. The van der Waals surface area contributed by atoms with Gasteiger partial charge in [-0.05, 0) is 48.2 Å². The summed E-state index contributed by atoms with van der Waals surface area (Å²) < 4.78 is 13.0. The Morgan fingerprint density at radius 2 is 1.79 bits per heavy atom. The zero-order valence-electron chi connectivity index (χ0n) is 12.1. The average Bonchev–Trinajstić information content (AvgIpc) is 2.83. The fourth-order valence-electron chi connectivity index (χ4n) is 2.26. The number of imide groups is 1. The average molecular weight is 346 g/mol. The van der Waals surface area contributed by atoms with Crippen molar-refractivity contribution in [3.8, 4) is 0 Å². The summed E-state index contributed by atoms with van der Waals surface area (Å²) in [6.07, 6.45) is 0. The molecule has 122 valence electrons. The Morgan fingerprint density at radius 1 is 1.12 bits per heavy atom. The lowest BCUT2D eigenvalue weighted by molar-refractivity contribution is -0.116. The number of anilines is 2. The Kier molecular flexibility index (Phi) is 4.22. The van der Waals surface area contributed by atoms with Crippen LogP contribution in [0, 0.1) is 5.82 Å². The number of para-hydroxylation sites is 1. The van der Waals surface area contributed by atoms with E-state index >= 15 is 0 Å². The van der Waals surface area contributed by atoms with Crippen molar-refractivity contribution in [2.45, 2.75) is 5.37 Å². The van der Waals surface area contributed by atoms with Crippen LogP contribution in [0.15, 0.2) is 48.5 Å². The Morgan fingerprint density at radius 3 is 2.46 bits per heavy atom. The zero-order chi connectivity index (χ0) is 17.3. The SMILES string of the molecule is O=C(O)c1ccccc1N[C@H]1SC(=O)N(c2ccc(F)cc2)C1=O. The van der Waals surface area contributed by atoms with Gasteiger partial charge in [0.05, 0.1) is 11.3 Å². The summed E-state index contributed by atoms with van der Waals surface area (Å²) in [6, 6.07) is 11.1. The second-order valence-corrected chi connectivity index (χ2v) is 5.97. The highest BCUT2D eigenvalue weighted by molar-refractivity contribution is 8.16. The first-order chi connectivity index (χ1) is 11.5. The molecule has 0 spiro atoms. The Bertz CT molecular complexity index is 825. The van der Waals surface area contributed by atoms with Gasteiger partial charge in [-0.1, -0.05) is 12.1 Å². The minimum absolute atomic E-state index is 0.00131. The molecule has 1 aliphatic rings. The monoisotopic (exact) mass is 346 g/mol. The number of rotatable bonds is 4. The van der Waals surface area contributed by atoms with Gasteiger partial charge in [0.2, 0.25) is 0 Å². The molecule has 0 unspecified atom stereocenters. The van der Waals surface area contributed by atoms with Gasteiger partial charge in [-0.2, -0.15) is 0 Å². The van der Waals surface area contributed by atoms with Gasteiger partial charge in [-0.15, -0.1) is 0 Å². The van der Waals surface area contributed by atoms with Crippen LogP contribution in [0.1, 0.15) is 10.4 Å². The first-order valence-electron chi connectivity index (χ1n) is 6.86. The molecule has 1 saturated heterocycles. The van der Waals surface area contributed by atoms with Crippen molar-refractivity contribution < 1.29 is 23.9 Å². The van der Waals surface area contributed by atoms with E-state index in [4.69, 9.17) is 5.11 Å². The lowest BCUT2D eigenvalue weighted by Crippen LogP contribution is -2.34. The van der Waals surface area contributed by atoms with Crippen molar-refractivity contribution in [3.05, 3.63) is 59.9 Å². The quantitative estimate of drug-likeness (QED) is 0.884. The molecule has 0 aliphatic carbocycles. The summed E-state index contributed by atoms with van der Waals surface area (Å²) in [4.78, 5) is 36.7. The van der Waals surface area contributed by atoms with Crippen molar-refractivity contribution in [3.63, 3.8) is 0 Å². The molecule has 0 saturated carbocycles. The molecule has 0 aromatic heterocycles. The van der Waals surface area contributed by atoms with Crippen LogP contribution in [0.25, 0.3) is 0 Å². The second kappa shape index (κ2) is 6.32. The molecule has 2 aromatic carbocycles. The predicted molar refractivity (Wildman–Crippen MR) is 87.7 cm³/mol. The van der Waals surface area contributed by atoms with Crippen LogP contribution >= 0.6 is 11.8 Å². The predicted octanol–water partition coefficient (Wildman–Crippen LogP) is 3.16. The molecule has 1 atom stereocenters. The third kappa shape index (κ3) is 2.95. The molecule has 2 N–H and O–H groups in total. The zero-order valence-corrected chi connectivity index (χ0v) is 12.9. The van der Waals surface area contributed by atoms with Crippen LogP contribution in [0.3, 0.4) is 0 Å². The van der Waals surface area contributed by atoms with E-state index in [2.05, 4.69) is 5.32 Å². The molecule has 1 fully saturated rings. The molecule has 1 aliphatic heterocycles. The Hall–Kier alpha value is -2.87. The number of carbonyl (C=O) groups is 3. The maximum absolute atomic E-state index is 13.0. The van der Waals surface area contributed by atoms with Crippen molar-refractivity contribution in [1.82, 2.24) is 0 Å². The molecule has 3 rings (SSSR count). The van der Waals surface area contributed by atoms with Crippen molar-refractivity contribution in [2.75, 3.05) is 10.2 Å². The van der Waals surface area contributed by atoms with E-state index < -0.39 is 28.3 Å². The van der Waals surface area contributed by atoms with E-state index in [0.29, 0.717) is 0 Å². The number of halogens is 1. The van der Waals surface area contributed by atoms with Gasteiger partial charge in [-0.3, -0.25) is 9.59 Å². The van der Waals surface area contributed by atoms with Crippen molar-refractivity contribution in [1.29, 1.82) is 0 Å². The van der Waals surface area contributed by atoms with Gasteiger partial charge in [0, 0.05) is 5.69 Å². The maximum atomic E-state index is 13.0. The summed E-state index contributed by atoms with van der Waals surface area (Å²) in [6.45, 7) is 0. The summed E-state index contributed by atoms with van der Waals surface area (Å²) >= 11 is 0.736.